The van der Waals surface area contributed by atoms with Gasteiger partial charge in [-0.3, -0.25) is 14.8 Å². The lowest BCUT2D eigenvalue weighted by molar-refractivity contribution is 0.101. The lowest BCUT2D eigenvalue weighted by atomic mass is 10.2. The summed E-state index contributed by atoms with van der Waals surface area (Å²) in [6, 6.07) is 0. The minimum Gasteiger partial charge on any atom is -0.395 e. The van der Waals surface area contributed by atoms with Gasteiger partial charge in [-0.2, -0.15) is 5.10 Å². The molecule has 2 aromatic heterocycles. The van der Waals surface area contributed by atoms with Crippen LogP contribution in [0.25, 0.3) is 0 Å². The van der Waals surface area contributed by atoms with E-state index in [9.17, 15) is 4.79 Å². The Labute approximate surface area is 104 Å². The number of carbonyl (C=O) groups is 1. The van der Waals surface area contributed by atoms with Crippen LogP contribution in [0.5, 0.6) is 0 Å². The van der Waals surface area contributed by atoms with E-state index in [1.54, 1.807) is 20.9 Å². The number of nitrogens with two attached hydrogens (primary N) is 1. The zero-order valence-electron chi connectivity index (χ0n) is 10.7. The van der Waals surface area contributed by atoms with E-state index < -0.39 is 0 Å². The van der Waals surface area contributed by atoms with Gasteiger partial charge in [0.25, 0.3) is 5.91 Å². The molecule has 2 aromatic rings. The Balaban J connectivity index is 2.30. The maximum atomic E-state index is 12.1. The number of aromatic nitrogens is 3. The summed E-state index contributed by atoms with van der Waals surface area (Å²) in [6.45, 7) is 5.37. The second kappa shape index (κ2) is 4.17. The molecule has 0 fully saturated rings. The van der Waals surface area contributed by atoms with Crippen molar-refractivity contribution in [3.05, 3.63) is 22.6 Å². The average molecular weight is 249 g/mol. The standard InChI is InChI=1S/C11H15N5O2/c1-5-6(2)15-18-11(5)13-10(17)9-8(12)7(3)14-16(9)4/h12H2,1-4H3,(H,13,17). The van der Waals surface area contributed by atoms with E-state index in [4.69, 9.17) is 10.3 Å². The number of nitrogens with zero attached hydrogens (tertiary/aromatic N) is 3. The summed E-state index contributed by atoms with van der Waals surface area (Å²) in [7, 11) is 1.66. The molecule has 0 atom stereocenters. The molecule has 2 rings (SSSR count). The number of rotatable bonds is 2. The molecule has 0 radical (unpaired) electrons. The van der Waals surface area contributed by atoms with Crippen molar-refractivity contribution in [2.75, 3.05) is 11.1 Å². The third-order valence-corrected chi connectivity index (χ3v) is 2.87. The molecular weight excluding hydrogens is 234 g/mol. The topological polar surface area (TPSA) is 99.0 Å². The molecule has 0 aliphatic carbocycles. The number of carbonyl (C=O) groups excluding carboxylic acids is 1. The summed E-state index contributed by atoms with van der Waals surface area (Å²) in [5, 5.41) is 10.5. The van der Waals surface area contributed by atoms with Gasteiger partial charge in [0.1, 0.15) is 5.69 Å². The average Bonchev–Trinajstić information content (AvgIpc) is 2.73. The zero-order chi connectivity index (χ0) is 13.4. The molecule has 18 heavy (non-hydrogen) atoms. The largest absolute Gasteiger partial charge is 0.395 e. The van der Waals surface area contributed by atoms with Gasteiger partial charge in [-0.05, 0) is 20.8 Å². The first-order chi connectivity index (χ1) is 8.41. The van der Waals surface area contributed by atoms with E-state index in [2.05, 4.69) is 15.6 Å². The third kappa shape index (κ3) is 1.83. The summed E-state index contributed by atoms with van der Waals surface area (Å²) in [5.74, 6) is -0.0365. The zero-order valence-corrected chi connectivity index (χ0v) is 10.7. The lowest BCUT2D eigenvalue weighted by Gasteiger charge is -2.03. The van der Waals surface area contributed by atoms with Gasteiger partial charge in [-0.1, -0.05) is 5.16 Å². The summed E-state index contributed by atoms with van der Waals surface area (Å²) < 4.78 is 6.46. The van der Waals surface area contributed by atoms with Crippen LogP contribution in [-0.2, 0) is 7.05 Å². The van der Waals surface area contributed by atoms with Crippen LogP contribution < -0.4 is 11.1 Å². The van der Waals surface area contributed by atoms with Crippen LogP contribution in [0, 0.1) is 20.8 Å². The first-order valence-corrected chi connectivity index (χ1v) is 5.45. The van der Waals surface area contributed by atoms with E-state index in [1.165, 1.54) is 4.68 Å². The Morgan fingerprint density at radius 2 is 2.00 bits per heavy atom. The molecule has 3 N–H and O–H groups in total. The van der Waals surface area contributed by atoms with E-state index in [-0.39, 0.29) is 5.91 Å². The highest BCUT2D eigenvalue weighted by atomic mass is 16.5. The van der Waals surface area contributed by atoms with Gasteiger partial charge in [0.15, 0.2) is 0 Å². The van der Waals surface area contributed by atoms with Crippen LogP contribution in [0.15, 0.2) is 4.52 Å². The first-order valence-electron chi connectivity index (χ1n) is 5.45. The predicted octanol–water partition coefficient (Wildman–Crippen LogP) is 1.17. The highest BCUT2D eigenvalue weighted by Crippen LogP contribution is 2.21. The molecule has 0 saturated carbocycles. The Morgan fingerprint density at radius 3 is 2.44 bits per heavy atom. The molecule has 0 bridgehead atoms. The Kier molecular flexibility index (Phi) is 2.82. The summed E-state index contributed by atoms with van der Waals surface area (Å²) in [5.41, 5.74) is 8.63. The number of aryl methyl sites for hydroxylation is 3. The van der Waals surface area contributed by atoms with Crippen molar-refractivity contribution in [3.63, 3.8) is 0 Å². The third-order valence-electron chi connectivity index (χ3n) is 2.87. The van der Waals surface area contributed by atoms with Crippen molar-refractivity contribution < 1.29 is 9.32 Å². The van der Waals surface area contributed by atoms with E-state index in [1.807, 2.05) is 6.92 Å². The normalized spacial score (nSPS) is 10.7. The summed E-state index contributed by atoms with van der Waals surface area (Å²) >= 11 is 0. The van der Waals surface area contributed by atoms with Crippen molar-refractivity contribution in [1.82, 2.24) is 14.9 Å². The Hall–Kier alpha value is -2.31. The second-order valence-corrected chi connectivity index (χ2v) is 4.15. The van der Waals surface area contributed by atoms with Crippen LogP contribution >= 0.6 is 0 Å². The number of hydrogen-bond donors (Lipinski definition) is 2. The monoisotopic (exact) mass is 249 g/mol. The van der Waals surface area contributed by atoms with Crippen molar-refractivity contribution >= 4 is 17.5 Å². The molecule has 0 aliphatic rings. The van der Waals surface area contributed by atoms with Crippen molar-refractivity contribution in [3.8, 4) is 0 Å². The molecule has 2 heterocycles. The maximum absolute atomic E-state index is 12.1. The molecule has 0 aromatic carbocycles. The first kappa shape index (κ1) is 12.2. The number of nitrogen functional groups attached to an aromatic ring is 1. The number of amides is 1. The highest BCUT2D eigenvalue weighted by molar-refractivity contribution is 6.06. The fraction of sp³-hybridized carbons (Fsp3) is 0.364. The highest BCUT2D eigenvalue weighted by Gasteiger charge is 2.20. The molecule has 0 aliphatic heterocycles. The summed E-state index contributed by atoms with van der Waals surface area (Å²) in [6.07, 6.45) is 0. The van der Waals surface area contributed by atoms with Crippen LogP contribution in [0.3, 0.4) is 0 Å². The molecule has 0 spiro atoms. The molecule has 1 amide bonds. The van der Waals surface area contributed by atoms with Gasteiger partial charge in [0.2, 0.25) is 5.88 Å². The smallest absolute Gasteiger partial charge is 0.278 e. The molecule has 96 valence electrons. The van der Waals surface area contributed by atoms with Gasteiger partial charge in [0, 0.05) is 12.6 Å². The lowest BCUT2D eigenvalue weighted by Crippen LogP contribution is -2.17. The van der Waals surface area contributed by atoms with Crippen LogP contribution in [0.2, 0.25) is 0 Å². The van der Waals surface area contributed by atoms with Crippen molar-refractivity contribution in [2.45, 2.75) is 20.8 Å². The number of nitrogens with one attached hydrogen (secondary N) is 1. The predicted molar refractivity (Wildman–Crippen MR) is 66.3 cm³/mol. The Morgan fingerprint density at radius 1 is 1.33 bits per heavy atom. The fourth-order valence-corrected chi connectivity index (χ4v) is 1.64. The molecule has 7 heteroatoms. The van der Waals surface area contributed by atoms with Gasteiger partial charge in [-0.15, -0.1) is 0 Å². The minimum atomic E-state index is -0.366. The molecular formula is C11H15N5O2. The fourth-order valence-electron chi connectivity index (χ4n) is 1.64. The molecule has 0 saturated heterocycles. The van der Waals surface area contributed by atoms with E-state index in [0.717, 1.165) is 11.3 Å². The van der Waals surface area contributed by atoms with E-state index >= 15 is 0 Å². The van der Waals surface area contributed by atoms with Crippen LogP contribution in [-0.4, -0.2) is 20.8 Å². The Bertz CT molecular complexity index is 611. The van der Waals surface area contributed by atoms with Gasteiger partial charge >= 0.3 is 0 Å². The minimum absolute atomic E-state index is 0.306. The van der Waals surface area contributed by atoms with Gasteiger partial charge in [0.05, 0.1) is 17.1 Å². The van der Waals surface area contributed by atoms with Crippen LogP contribution in [0.4, 0.5) is 11.6 Å². The second-order valence-electron chi connectivity index (χ2n) is 4.15. The van der Waals surface area contributed by atoms with E-state index in [0.29, 0.717) is 23.0 Å². The van der Waals surface area contributed by atoms with Crippen molar-refractivity contribution in [2.24, 2.45) is 7.05 Å². The molecule has 7 nitrogen and oxygen atoms in total. The van der Waals surface area contributed by atoms with Gasteiger partial charge < -0.3 is 10.3 Å². The number of anilines is 2. The van der Waals surface area contributed by atoms with Crippen molar-refractivity contribution in [1.29, 1.82) is 0 Å². The van der Waals surface area contributed by atoms with Crippen LogP contribution in [0.1, 0.15) is 27.4 Å². The maximum Gasteiger partial charge on any atom is 0.278 e. The summed E-state index contributed by atoms with van der Waals surface area (Å²) in [4.78, 5) is 12.1. The SMILES string of the molecule is Cc1noc(NC(=O)c2c(N)c(C)nn2C)c1C. The number of hydrogen-bond acceptors (Lipinski definition) is 5. The quantitative estimate of drug-likeness (QED) is 0.832. The molecule has 0 unspecified atom stereocenters. The van der Waals surface area contributed by atoms with Gasteiger partial charge in [-0.25, -0.2) is 0 Å².